The van der Waals surface area contributed by atoms with Crippen molar-refractivity contribution < 1.29 is 27.4 Å². The highest BCUT2D eigenvalue weighted by molar-refractivity contribution is 7.92. The number of rotatable bonds is 9. The number of carbonyl (C=O) groups excluding carboxylic acids is 1. The van der Waals surface area contributed by atoms with Gasteiger partial charge < -0.3 is 14.2 Å². The lowest BCUT2D eigenvalue weighted by Crippen LogP contribution is -2.45. The molecule has 0 radical (unpaired) electrons. The number of carbonyl (C=O) groups is 1. The van der Waals surface area contributed by atoms with Gasteiger partial charge >= 0.3 is 0 Å². The average Bonchev–Trinajstić information content (AvgIpc) is 3.26. The molecule has 2 aromatic carbocycles. The fraction of sp³-hybridized carbons (Fsp3) is 0.286. The van der Waals surface area contributed by atoms with E-state index in [1.165, 1.54) is 38.5 Å². The number of anilines is 2. The van der Waals surface area contributed by atoms with Crippen LogP contribution in [0, 0.1) is 0 Å². The summed E-state index contributed by atoms with van der Waals surface area (Å²) in [6, 6.07) is 10.8. The number of aromatic nitrogens is 2. The topological polar surface area (TPSA) is 120 Å². The Morgan fingerprint density at radius 2 is 1.64 bits per heavy atom. The molecule has 0 aliphatic rings. The van der Waals surface area contributed by atoms with E-state index < -0.39 is 22.0 Å². The van der Waals surface area contributed by atoms with Crippen LogP contribution in [-0.2, 0) is 14.8 Å². The maximum atomic E-state index is 13.0. The summed E-state index contributed by atoms with van der Waals surface area (Å²) in [5, 5.41) is 11.6. The maximum Gasteiger partial charge on any atom is 0.249 e. The summed E-state index contributed by atoms with van der Waals surface area (Å²) in [5.41, 5.74) is 0.985. The normalized spacial score (nSPS) is 12.0. The molecule has 10 nitrogen and oxygen atoms in total. The minimum Gasteiger partial charge on any atom is -0.497 e. The quantitative estimate of drug-likeness (QED) is 0.484. The molecule has 176 valence electrons. The molecule has 0 saturated carbocycles. The summed E-state index contributed by atoms with van der Waals surface area (Å²) in [6.07, 6.45) is 1.02. The number of hydrogen-bond acceptors (Lipinski definition) is 9. The summed E-state index contributed by atoms with van der Waals surface area (Å²) in [6.45, 7) is 1.47. The summed E-state index contributed by atoms with van der Waals surface area (Å²) in [7, 11) is 0.591. The number of nitrogens with zero attached hydrogens (tertiary/aromatic N) is 3. The van der Waals surface area contributed by atoms with Gasteiger partial charge in [0, 0.05) is 11.6 Å². The molecule has 0 fully saturated rings. The Morgan fingerprint density at radius 3 is 2.21 bits per heavy atom. The predicted molar refractivity (Wildman–Crippen MR) is 127 cm³/mol. The maximum absolute atomic E-state index is 13.0. The molecule has 0 aliphatic heterocycles. The second-order valence-corrected chi connectivity index (χ2v) is 9.74. The monoisotopic (exact) mass is 492 g/mol. The van der Waals surface area contributed by atoms with Crippen LogP contribution in [-0.4, -0.2) is 58.1 Å². The number of amides is 1. The second-order valence-electron chi connectivity index (χ2n) is 6.90. The van der Waals surface area contributed by atoms with E-state index in [1.807, 2.05) is 12.1 Å². The Hall–Kier alpha value is -3.38. The van der Waals surface area contributed by atoms with Crippen LogP contribution in [0.5, 0.6) is 17.2 Å². The van der Waals surface area contributed by atoms with Gasteiger partial charge in [-0.15, -0.1) is 10.2 Å². The first-order valence-electron chi connectivity index (χ1n) is 9.68. The summed E-state index contributed by atoms with van der Waals surface area (Å²) in [4.78, 5) is 13.0. The Kier molecular flexibility index (Phi) is 7.39. The molecule has 33 heavy (non-hydrogen) atoms. The van der Waals surface area contributed by atoms with E-state index >= 15 is 0 Å². The van der Waals surface area contributed by atoms with Crippen molar-refractivity contribution in [3.8, 4) is 27.8 Å². The summed E-state index contributed by atoms with van der Waals surface area (Å²) < 4.78 is 42.0. The van der Waals surface area contributed by atoms with E-state index in [-0.39, 0.29) is 16.6 Å². The minimum atomic E-state index is -3.86. The molecule has 1 atom stereocenters. The van der Waals surface area contributed by atoms with Gasteiger partial charge in [-0.1, -0.05) is 11.3 Å². The number of ether oxygens (including phenoxy) is 3. The Bertz CT molecular complexity index is 1230. The average molecular weight is 493 g/mol. The lowest BCUT2D eigenvalue weighted by Gasteiger charge is -2.29. The molecule has 0 aliphatic carbocycles. The molecule has 1 amide bonds. The van der Waals surface area contributed by atoms with Gasteiger partial charge in [0.15, 0.2) is 0 Å². The third-order valence-corrected chi connectivity index (χ3v) is 6.82. The molecule has 0 bridgehead atoms. The molecule has 0 spiro atoms. The highest BCUT2D eigenvalue weighted by Crippen LogP contribution is 2.35. The number of nitrogens with one attached hydrogen (secondary N) is 1. The van der Waals surface area contributed by atoms with Crippen LogP contribution in [0.1, 0.15) is 6.92 Å². The Balaban J connectivity index is 1.86. The fourth-order valence-electron chi connectivity index (χ4n) is 3.08. The van der Waals surface area contributed by atoms with Crippen LogP contribution >= 0.6 is 11.3 Å². The molecular weight excluding hydrogens is 468 g/mol. The molecule has 3 rings (SSSR count). The van der Waals surface area contributed by atoms with Crippen molar-refractivity contribution in [1.29, 1.82) is 0 Å². The van der Waals surface area contributed by atoms with Crippen LogP contribution in [0.3, 0.4) is 0 Å². The van der Waals surface area contributed by atoms with Gasteiger partial charge in [-0.2, -0.15) is 0 Å². The van der Waals surface area contributed by atoms with Gasteiger partial charge in [0.2, 0.25) is 21.1 Å². The molecule has 12 heteroatoms. The van der Waals surface area contributed by atoms with Gasteiger partial charge in [-0.05, 0) is 43.3 Å². The molecule has 1 aromatic heterocycles. The van der Waals surface area contributed by atoms with E-state index in [2.05, 4.69) is 15.5 Å². The largest absolute Gasteiger partial charge is 0.497 e. The third-order valence-electron chi connectivity index (χ3n) is 4.70. The van der Waals surface area contributed by atoms with Crippen LogP contribution in [0.2, 0.25) is 0 Å². The van der Waals surface area contributed by atoms with E-state index in [0.29, 0.717) is 16.5 Å². The van der Waals surface area contributed by atoms with Gasteiger partial charge in [0.25, 0.3) is 0 Å². The summed E-state index contributed by atoms with van der Waals surface area (Å²) >= 11 is 1.17. The molecule has 1 unspecified atom stereocenters. The van der Waals surface area contributed by atoms with E-state index in [9.17, 15) is 13.2 Å². The van der Waals surface area contributed by atoms with E-state index in [0.717, 1.165) is 16.1 Å². The zero-order valence-electron chi connectivity index (χ0n) is 18.7. The van der Waals surface area contributed by atoms with Crippen molar-refractivity contribution in [1.82, 2.24) is 10.2 Å². The molecule has 3 aromatic rings. The van der Waals surface area contributed by atoms with Crippen LogP contribution in [0.15, 0.2) is 42.5 Å². The lowest BCUT2D eigenvalue weighted by atomic mass is 10.2. The lowest BCUT2D eigenvalue weighted by molar-refractivity contribution is -0.116. The number of sulfonamides is 1. The van der Waals surface area contributed by atoms with Crippen molar-refractivity contribution in [2.24, 2.45) is 0 Å². The number of benzene rings is 2. The molecule has 0 saturated heterocycles. The van der Waals surface area contributed by atoms with Crippen molar-refractivity contribution >= 4 is 38.1 Å². The van der Waals surface area contributed by atoms with Gasteiger partial charge in [0.05, 0.1) is 33.3 Å². The van der Waals surface area contributed by atoms with Gasteiger partial charge in [-0.25, -0.2) is 8.42 Å². The zero-order valence-corrected chi connectivity index (χ0v) is 20.4. The zero-order chi connectivity index (χ0) is 24.2. The first-order chi connectivity index (χ1) is 15.7. The van der Waals surface area contributed by atoms with E-state index in [1.54, 1.807) is 31.4 Å². The molecule has 1 heterocycles. The Labute approximate surface area is 196 Å². The van der Waals surface area contributed by atoms with Gasteiger partial charge in [0.1, 0.15) is 28.3 Å². The molecular formula is C21H24N4O6S2. The second kappa shape index (κ2) is 10.0. The third kappa shape index (κ3) is 5.52. The van der Waals surface area contributed by atoms with Crippen molar-refractivity contribution in [2.75, 3.05) is 37.2 Å². The fourth-order valence-corrected chi connectivity index (χ4v) is 5.01. The van der Waals surface area contributed by atoms with Crippen molar-refractivity contribution in [2.45, 2.75) is 13.0 Å². The predicted octanol–water partition coefficient (Wildman–Crippen LogP) is 3.02. The Morgan fingerprint density at radius 1 is 1.00 bits per heavy atom. The first kappa shape index (κ1) is 24.3. The van der Waals surface area contributed by atoms with Crippen LogP contribution in [0.25, 0.3) is 10.6 Å². The van der Waals surface area contributed by atoms with Crippen molar-refractivity contribution in [3.05, 3.63) is 42.5 Å². The highest BCUT2D eigenvalue weighted by Gasteiger charge is 2.32. The number of methoxy groups -OCH3 is 3. The summed E-state index contributed by atoms with van der Waals surface area (Å²) in [5.74, 6) is 0.820. The number of hydrogen-bond donors (Lipinski definition) is 1. The van der Waals surface area contributed by atoms with Crippen molar-refractivity contribution in [3.63, 3.8) is 0 Å². The minimum absolute atomic E-state index is 0.179. The standard InChI is InChI=1S/C21H24N4O6S2/c1-13(25(33(5,27)28)17-12-16(30-3)10-11-18(17)31-4)19(26)22-21-24-23-20(32-21)14-6-8-15(29-2)9-7-14/h6-13H,1-5H3,(H,22,24,26). The van der Waals surface area contributed by atoms with E-state index in [4.69, 9.17) is 14.2 Å². The first-order valence-corrected chi connectivity index (χ1v) is 12.3. The SMILES string of the molecule is COc1ccc(-c2nnc(NC(=O)C(C)N(c3cc(OC)ccc3OC)S(C)(=O)=O)s2)cc1. The van der Waals surface area contributed by atoms with Crippen LogP contribution in [0.4, 0.5) is 10.8 Å². The molecule has 1 N–H and O–H groups in total. The van der Waals surface area contributed by atoms with Gasteiger partial charge in [-0.3, -0.25) is 14.4 Å². The smallest absolute Gasteiger partial charge is 0.249 e. The van der Waals surface area contributed by atoms with Crippen LogP contribution < -0.4 is 23.8 Å². The highest BCUT2D eigenvalue weighted by atomic mass is 32.2.